The Balaban J connectivity index is 2.19. The number of allylic oxidation sites excluding steroid dienone is 1. The number of thiophene rings is 2. The first kappa shape index (κ1) is 10.9. The molecule has 1 atom stereocenters. The van der Waals surface area contributed by atoms with E-state index >= 15 is 0 Å². The Hall–Kier alpha value is -0.640. The molecule has 0 aliphatic heterocycles. The third-order valence-corrected chi connectivity index (χ3v) is 4.72. The van der Waals surface area contributed by atoms with E-state index in [2.05, 4.69) is 29.4 Å². The fourth-order valence-electron chi connectivity index (χ4n) is 1.67. The van der Waals surface area contributed by atoms with Crippen LogP contribution in [-0.2, 0) is 0 Å². The number of nitrogens with one attached hydrogen (secondary N) is 1. The molecular formula is C12H15NS2. The standard InChI is InChI=1S/C12H15NS2/c1-3-4-5-9(13-2)11-8-12-10(15-11)6-7-14-12/h3,6-9,13H,1,4-5H2,2H3. The molecule has 0 aromatic carbocycles. The lowest BCUT2D eigenvalue weighted by molar-refractivity contribution is 0.564. The zero-order chi connectivity index (χ0) is 10.7. The van der Waals surface area contributed by atoms with Crippen molar-refractivity contribution in [2.24, 2.45) is 0 Å². The Bertz CT molecular complexity index is 413. The molecule has 2 aromatic rings. The molecule has 80 valence electrons. The van der Waals surface area contributed by atoms with Crippen molar-refractivity contribution >= 4 is 32.1 Å². The van der Waals surface area contributed by atoms with Crippen LogP contribution in [0.15, 0.2) is 30.2 Å². The van der Waals surface area contributed by atoms with Crippen LogP contribution in [0.4, 0.5) is 0 Å². The molecule has 1 unspecified atom stereocenters. The number of hydrogen-bond acceptors (Lipinski definition) is 3. The highest BCUT2D eigenvalue weighted by atomic mass is 32.1. The predicted molar refractivity (Wildman–Crippen MR) is 70.9 cm³/mol. The van der Waals surface area contributed by atoms with Crippen LogP contribution in [0.3, 0.4) is 0 Å². The Labute approximate surface area is 98.4 Å². The maximum absolute atomic E-state index is 3.77. The van der Waals surface area contributed by atoms with Crippen LogP contribution in [0.25, 0.3) is 9.40 Å². The molecule has 3 heteroatoms. The smallest absolute Gasteiger partial charge is 0.0454 e. The van der Waals surface area contributed by atoms with Crippen molar-refractivity contribution in [2.45, 2.75) is 18.9 Å². The number of hydrogen-bond donors (Lipinski definition) is 1. The molecule has 0 bridgehead atoms. The van der Waals surface area contributed by atoms with E-state index in [0.717, 1.165) is 12.8 Å². The topological polar surface area (TPSA) is 12.0 Å². The van der Waals surface area contributed by atoms with Gasteiger partial charge < -0.3 is 5.32 Å². The van der Waals surface area contributed by atoms with Gasteiger partial charge in [0.25, 0.3) is 0 Å². The summed E-state index contributed by atoms with van der Waals surface area (Å²) in [5, 5.41) is 5.53. The van der Waals surface area contributed by atoms with Crippen LogP contribution in [0, 0.1) is 0 Å². The highest BCUT2D eigenvalue weighted by Gasteiger charge is 2.12. The Morgan fingerprint density at radius 3 is 3.07 bits per heavy atom. The largest absolute Gasteiger partial charge is 0.312 e. The van der Waals surface area contributed by atoms with Gasteiger partial charge in [-0.3, -0.25) is 0 Å². The Morgan fingerprint density at radius 1 is 1.53 bits per heavy atom. The average molecular weight is 237 g/mol. The predicted octanol–water partition coefficient (Wildman–Crippen LogP) is 4.19. The molecule has 0 aliphatic carbocycles. The first-order valence-corrected chi connectivity index (χ1v) is 6.80. The second-order valence-electron chi connectivity index (χ2n) is 3.51. The molecule has 2 rings (SSSR count). The lowest BCUT2D eigenvalue weighted by Gasteiger charge is -2.12. The van der Waals surface area contributed by atoms with Crippen LogP contribution in [0.1, 0.15) is 23.8 Å². The van der Waals surface area contributed by atoms with Crippen LogP contribution < -0.4 is 5.32 Å². The van der Waals surface area contributed by atoms with Crippen LogP contribution in [-0.4, -0.2) is 7.05 Å². The lowest BCUT2D eigenvalue weighted by Crippen LogP contribution is -2.14. The van der Waals surface area contributed by atoms with Crippen LogP contribution >= 0.6 is 22.7 Å². The van der Waals surface area contributed by atoms with E-state index in [9.17, 15) is 0 Å². The molecule has 2 aromatic heterocycles. The highest BCUT2D eigenvalue weighted by Crippen LogP contribution is 2.34. The molecule has 0 fully saturated rings. The summed E-state index contributed by atoms with van der Waals surface area (Å²) in [6.45, 7) is 3.77. The molecule has 15 heavy (non-hydrogen) atoms. The van der Waals surface area contributed by atoms with Crippen molar-refractivity contribution in [1.29, 1.82) is 0 Å². The summed E-state index contributed by atoms with van der Waals surface area (Å²) in [6.07, 6.45) is 4.19. The van der Waals surface area contributed by atoms with Gasteiger partial charge in [-0.1, -0.05) is 6.08 Å². The molecule has 1 N–H and O–H groups in total. The average Bonchev–Trinajstić information content (AvgIpc) is 2.79. The van der Waals surface area contributed by atoms with Crippen LogP contribution in [0.5, 0.6) is 0 Å². The van der Waals surface area contributed by atoms with Gasteiger partial charge in [-0.05, 0) is 37.4 Å². The van der Waals surface area contributed by atoms with E-state index < -0.39 is 0 Å². The van der Waals surface area contributed by atoms with E-state index in [1.807, 2.05) is 35.8 Å². The fraction of sp³-hybridized carbons (Fsp3) is 0.333. The third-order valence-electron chi connectivity index (χ3n) is 2.51. The summed E-state index contributed by atoms with van der Waals surface area (Å²) < 4.78 is 2.82. The molecule has 0 radical (unpaired) electrons. The molecular weight excluding hydrogens is 222 g/mol. The summed E-state index contributed by atoms with van der Waals surface area (Å²) in [7, 11) is 2.03. The quantitative estimate of drug-likeness (QED) is 0.769. The second-order valence-corrected chi connectivity index (χ2v) is 5.57. The van der Waals surface area contributed by atoms with Crippen LogP contribution in [0.2, 0.25) is 0 Å². The summed E-state index contributed by atoms with van der Waals surface area (Å²) >= 11 is 3.72. The minimum atomic E-state index is 0.479. The van der Waals surface area contributed by atoms with Gasteiger partial charge in [0.1, 0.15) is 0 Å². The van der Waals surface area contributed by atoms with E-state index in [1.165, 1.54) is 14.3 Å². The molecule has 0 saturated carbocycles. The van der Waals surface area contributed by atoms with Gasteiger partial charge in [-0.15, -0.1) is 29.3 Å². The van der Waals surface area contributed by atoms with Gasteiger partial charge in [0, 0.05) is 20.3 Å². The molecule has 0 saturated heterocycles. The zero-order valence-corrected chi connectivity index (χ0v) is 10.5. The number of rotatable bonds is 5. The van der Waals surface area contributed by atoms with Gasteiger partial charge in [0.05, 0.1) is 0 Å². The van der Waals surface area contributed by atoms with Crippen molar-refractivity contribution < 1.29 is 0 Å². The minimum absolute atomic E-state index is 0.479. The van der Waals surface area contributed by atoms with Crippen molar-refractivity contribution in [3.63, 3.8) is 0 Å². The second kappa shape index (κ2) is 4.92. The normalized spacial score (nSPS) is 13.1. The van der Waals surface area contributed by atoms with Gasteiger partial charge >= 0.3 is 0 Å². The summed E-state index contributed by atoms with van der Waals surface area (Å²) in [4.78, 5) is 1.45. The van der Waals surface area contributed by atoms with Gasteiger partial charge in [-0.2, -0.15) is 0 Å². The number of fused-ring (bicyclic) bond motifs is 1. The van der Waals surface area contributed by atoms with E-state index in [0.29, 0.717) is 6.04 Å². The summed E-state index contributed by atoms with van der Waals surface area (Å²) in [6, 6.07) is 5.00. The highest BCUT2D eigenvalue weighted by molar-refractivity contribution is 7.26. The minimum Gasteiger partial charge on any atom is -0.312 e. The van der Waals surface area contributed by atoms with Gasteiger partial charge in [0.15, 0.2) is 0 Å². The van der Waals surface area contributed by atoms with Crippen molar-refractivity contribution in [3.8, 4) is 0 Å². The maximum Gasteiger partial charge on any atom is 0.0454 e. The van der Waals surface area contributed by atoms with Gasteiger partial charge in [-0.25, -0.2) is 0 Å². The van der Waals surface area contributed by atoms with E-state index in [1.54, 1.807) is 0 Å². The zero-order valence-electron chi connectivity index (χ0n) is 8.82. The maximum atomic E-state index is 3.77. The summed E-state index contributed by atoms with van der Waals surface area (Å²) in [5.74, 6) is 0. The van der Waals surface area contributed by atoms with E-state index in [-0.39, 0.29) is 0 Å². The molecule has 2 heterocycles. The SMILES string of the molecule is C=CCCC(NC)c1cc2sccc2s1. The molecule has 0 spiro atoms. The lowest BCUT2D eigenvalue weighted by atomic mass is 10.1. The van der Waals surface area contributed by atoms with Gasteiger partial charge in [0.2, 0.25) is 0 Å². The van der Waals surface area contributed by atoms with E-state index in [4.69, 9.17) is 0 Å². The first-order valence-electron chi connectivity index (χ1n) is 5.10. The molecule has 1 nitrogen and oxygen atoms in total. The molecule has 0 aliphatic rings. The third kappa shape index (κ3) is 2.30. The summed E-state index contributed by atoms with van der Waals surface area (Å²) in [5.41, 5.74) is 0. The Kier molecular flexibility index (Phi) is 3.57. The van der Waals surface area contributed by atoms with Crippen molar-refractivity contribution in [1.82, 2.24) is 5.32 Å². The first-order chi connectivity index (χ1) is 7.35. The Morgan fingerprint density at radius 2 is 2.40 bits per heavy atom. The monoisotopic (exact) mass is 237 g/mol. The van der Waals surface area contributed by atoms with Crippen molar-refractivity contribution in [2.75, 3.05) is 7.05 Å². The fourth-order valence-corrected chi connectivity index (χ4v) is 3.93. The van der Waals surface area contributed by atoms with Crippen molar-refractivity contribution in [3.05, 3.63) is 35.0 Å². The molecule has 0 amide bonds.